The summed E-state index contributed by atoms with van der Waals surface area (Å²) in [5.74, 6) is 0.146. The Morgan fingerprint density at radius 2 is 2.53 bits per heavy atom. The maximum absolute atomic E-state index is 11.3. The van der Waals surface area contributed by atoms with Crippen molar-refractivity contribution >= 4 is 5.91 Å². The molecule has 1 aliphatic carbocycles. The molecule has 1 atom stereocenters. The number of fused-ring (bicyclic) bond motifs is 1. The molecule has 0 saturated carbocycles. The van der Waals surface area contributed by atoms with Crippen LogP contribution >= 0.6 is 0 Å². The number of nitrogens with one attached hydrogen (secondary N) is 1. The molecule has 1 aliphatic rings. The van der Waals surface area contributed by atoms with Gasteiger partial charge in [0.25, 0.3) is 0 Å². The lowest BCUT2D eigenvalue weighted by Crippen LogP contribution is -2.38. The van der Waals surface area contributed by atoms with Crippen molar-refractivity contribution in [1.82, 2.24) is 10.3 Å². The van der Waals surface area contributed by atoms with Gasteiger partial charge in [0.2, 0.25) is 5.91 Å². The molecule has 1 amide bonds. The Kier molecular flexibility index (Phi) is 2.99. The van der Waals surface area contributed by atoms with Gasteiger partial charge in [0.05, 0.1) is 0 Å². The summed E-state index contributed by atoms with van der Waals surface area (Å²) in [5, 5.41) is 3.04. The molecule has 2 rings (SSSR count). The lowest BCUT2D eigenvalue weighted by molar-refractivity contribution is -0.121. The standard InChI is InChI=1S/C12H16N2O/c1-2-12(15)14-10-5-6-11-9(8-10)4-3-7-13-11/h3-4,7,10H,2,5-6,8H2,1H3,(H,14,15). The van der Waals surface area contributed by atoms with Crippen molar-refractivity contribution in [2.45, 2.75) is 38.6 Å². The van der Waals surface area contributed by atoms with Crippen LogP contribution in [0.2, 0.25) is 0 Å². The fourth-order valence-electron chi connectivity index (χ4n) is 2.01. The van der Waals surface area contributed by atoms with Crippen molar-refractivity contribution in [1.29, 1.82) is 0 Å². The van der Waals surface area contributed by atoms with Gasteiger partial charge in [-0.15, -0.1) is 0 Å². The molecule has 3 heteroatoms. The minimum Gasteiger partial charge on any atom is -0.353 e. The van der Waals surface area contributed by atoms with Gasteiger partial charge in [-0.2, -0.15) is 0 Å². The molecule has 15 heavy (non-hydrogen) atoms. The van der Waals surface area contributed by atoms with Gasteiger partial charge in [0.1, 0.15) is 0 Å². The lowest BCUT2D eigenvalue weighted by Gasteiger charge is -2.24. The first-order valence-electron chi connectivity index (χ1n) is 5.51. The van der Waals surface area contributed by atoms with Gasteiger partial charge in [0, 0.05) is 24.4 Å². The van der Waals surface area contributed by atoms with E-state index in [-0.39, 0.29) is 5.91 Å². The van der Waals surface area contributed by atoms with Gasteiger partial charge in [-0.3, -0.25) is 9.78 Å². The molecule has 80 valence electrons. The maximum atomic E-state index is 11.3. The fourth-order valence-corrected chi connectivity index (χ4v) is 2.01. The monoisotopic (exact) mass is 204 g/mol. The molecule has 1 heterocycles. The minimum atomic E-state index is 0.146. The topological polar surface area (TPSA) is 42.0 Å². The van der Waals surface area contributed by atoms with Crippen LogP contribution < -0.4 is 5.32 Å². The molecular formula is C12H16N2O. The highest BCUT2D eigenvalue weighted by atomic mass is 16.1. The second kappa shape index (κ2) is 4.43. The Labute approximate surface area is 89.9 Å². The Morgan fingerprint density at radius 3 is 3.33 bits per heavy atom. The van der Waals surface area contributed by atoms with E-state index in [0.29, 0.717) is 12.5 Å². The summed E-state index contributed by atoms with van der Waals surface area (Å²) in [4.78, 5) is 15.6. The second-order valence-corrected chi connectivity index (χ2v) is 3.97. The normalized spacial score (nSPS) is 19.4. The van der Waals surface area contributed by atoms with Gasteiger partial charge in [-0.25, -0.2) is 0 Å². The van der Waals surface area contributed by atoms with E-state index in [2.05, 4.69) is 16.4 Å². The average Bonchev–Trinajstić information content (AvgIpc) is 2.29. The second-order valence-electron chi connectivity index (χ2n) is 3.97. The minimum absolute atomic E-state index is 0.146. The van der Waals surface area contributed by atoms with Crippen molar-refractivity contribution in [3.63, 3.8) is 0 Å². The predicted octanol–water partition coefficient (Wildman–Crippen LogP) is 1.47. The van der Waals surface area contributed by atoms with E-state index in [9.17, 15) is 4.79 Å². The van der Waals surface area contributed by atoms with Gasteiger partial charge in [-0.05, 0) is 30.9 Å². The molecule has 0 saturated heterocycles. The number of rotatable bonds is 2. The van der Waals surface area contributed by atoms with Crippen LogP contribution in [0.25, 0.3) is 0 Å². The first-order chi connectivity index (χ1) is 7.29. The van der Waals surface area contributed by atoms with Crippen molar-refractivity contribution in [3.05, 3.63) is 29.6 Å². The van der Waals surface area contributed by atoms with E-state index < -0.39 is 0 Å². The molecule has 1 aromatic heterocycles. The molecule has 1 aromatic rings. The molecule has 0 aliphatic heterocycles. The zero-order valence-electron chi connectivity index (χ0n) is 8.99. The number of carbonyl (C=O) groups is 1. The molecule has 3 nitrogen and oxygen atoms in total. The molecule has 1 unspecified atom stereocenters. The van der Waals surface area contributed by atoms with Crippen LogP contribution in [0.4, 0.5) is 0 Å². The zero-order chi connectivity index (χ0) is 10.7. The van der Waals surface area contributed by atoms with Crippen LogP contribution in [0.3, 0.4) is 0 Å². The van der Waals surface area contributed by atoms with Crippen LogP contribution in [-0.4, -0.2) is 16.9 Å². The summed E-state index contributed by atoms with van der Waals surface area (Å²) in [6.45, 7) is 1.88. The Bertz CT molecular complexity index is 362. The molecule has 0 aromatic carbocycles. The molecule has 0 spiro atoms. The summed E-state index contributed by atoms with van der Waals surface area (Å²) in [5.41, 5.74) is 2.48. The first-order valence-corrected chi connectivity index (χ1v) is 5.51. The van der Waals surface area contributed by atoms with Crippen LogP contribution in [-0.2, 0) is 17.6 Å². The van der Waals surface area contributed by atoms with Crippen LogP contribution in [0.1, 0.15) is 31.0 Å². The van der Waals surface area contributed by atoms with Crippen molar-refractivity contribution in [3.8, 4) is 0 Å². The van der Waals surface area contributed by atoms with Gasteiger partial charge in [-0.1, -0.05) is 13.0 Å². The number of hydrogen-bond acceptors (Lipinski definition) is 2. The summed E-state index contributed by atoms with van der Waals surface area (Å²) in [6.07, 6.45) is 5.32. The summed E-state index contributed by atoms with van der Waals surface area (Å²) < 4.78 is 0. The molecule has 0 radical (unpaired) electrons. The highest BCUT2D eigenvalue weighted by Gasteiger charge is 2.19. The summed E-state index contributed by atoms with van der Waals surface area (Å²) >= 11 is 0. The van der Waals surface area contributed by atoms with E-state index >= 15 is 0 Å². The average molecular weight is 204 g/mol. The predicted molar refractivity (Wildman–Crippen MR) is 58.5 cm³/mol. The quantitative estimate of drug-likeness (QED) is 0.792. The third-order valence-corrected chi connectivity index (χ3v) is 2.87. The highest BCUT2D eigenvalue weighted by molar-refractivity contribution is 5.75. The van der Waals surface area contributed by atoms with E-state index in [1.54, 1.807) is 0 Å². The maximum Gasteiger partial charge on any atom is 0.219 e. The number of aromatic nitrogens is 1. The van der Waals surface area contributed by atoms with Crippen LogP contribution in [0, 0.1) is 0 Å². The van der Waals surface area contributed by atoms with Gasteiger partial charge < -0.3 is 5.32 Å². The SMILES string of the molecule is CCC(=O)NC1CCc2ncccc2C1. The molecule has 1 N–H and O–H groups in total. The molecule has 0 fully saturated rings. The number of pyridine rings is 1. The largest absolute Gasteiger partial charge is 0.353 e. The third kappa shape index (κ3) is 2.35. The van der Waals surface area contributed by atoms with Crippen molar-refractivity contribution < 1.29 is 4.79 Å². The summed E-state index contributed by atoms with van der Waals surface area (Å²) in [6, 6.07) is 4.37. The Balaban J connectivity index is 2.02. The third-order valence-electron chi connectivity index (χ3n) is 2.87. The number of carbonyl (C=O) groups excluding carboxylic acids is 1. The van der Waals surface area contributed by atoms with Crippen molar-refractivity contribution in [2.75, 3.05) is 0 Å². The summed E-state index contributed by atoms with van der Waals surface area (Å²) in [7, 11) is 0. The van der Waals surface area contributed by atoms with Gasteiger partial charge >= 0.3 is 0 Å². The highest BCUT2D eigenvalue weighted by Crippen LogP contribution is 2.18. The molecular weight excluding hydrogens is 188 g/mol. The van der Waals surface area contributed by atoms with Crippen molar-refractivity contribution in [2.24, 2.45) is 0 Å². The number of aryl methyl sites for hydroxylation is 1. The number of hydrogen-bond donors (Lipinski definition) is 1. The van der Waals surface area contributed by atoms with E-state index in [4.69, 9.17) is 0 Å². The Morgan fingerprint density at radius 1 is 1.67 bits per heavy atom. The van der Waals surface area contributed by atoms with E-state index in [1.165, 1.54) is 11.3 Å². The van der Waals surface area contributed by atoms with Crippen LogP contribution in [0.15, 0.2) is 18.3 Å². The smallest absolute Gasteiger partial charge is 0.219 e. The first kappa shape index (κ1) is 10.1. The molecule has 0 bridgehead atoms. The van der Waals surface area contributed by atoms with E-state index in [0.717, 1.165) is 19.3 Å². The zero-order valence-corrected chi connectivity index (χ0v) is 8.99. The van der Waals surface area contributed by atoms with Crippen LogP contribution in [0.5, 0.6) is 0 Å². The lowest BCUT2D eigenvalue weighted by atomic mass is 9.92. The van der Waals surface area contributed by atoms with E-state index in [1.807, 2.05) is 19.2 Å². The Hall–Kier alpha value is -1.38. The fraction of sp³-hybridized carbons (Fsp3) is 0.500. The number of nitrogens with zero attached hydrogens (tertiary/aromatic N) is 1. The van der Waals surface area contributed by atoms with Gasteiger partial charge in [0.15, 0.2) is 0 Å². The number of amides is 1.